The topological polar surface area (TPSA) is 63.2 Å². The first-order valence-corrected chi connectivity index (χ1v) is 8.76. The summed E-state index contributed by atoms with van der Waals surface area (Å²) < 4.78 is 23.6. The van der Waals surface area contributed by atoms with E-state index in [0.717, 1.165) is 15.7 Å². The Hall–Kier alpha value is -0.880. The molecule has 1 fully saturated rings. The molecule has 1 amide bonds. The number of carbonyl (C=O) groups excluding carboxylic acids is 1. The van der Waals surface area contributed by atoms with Crippen LogP contribution in [-0.2, 0) is 14.6 Å². The van der Waals surface area contributed by atoms with Gasteiger partial charge in [0.1, 0.15) is 9.84 Å². The molecule has 0 aliphatic carbocycles. The van der Waals surface area contributed by atoms with Crippen molar-refractivity contribution in [1.29, 1.82) is 0 Å². The molecule has 104 valence electrons. The van der Waals surface area contributed by atoms with Crippen molar-refractivity contribution in [2.24, 2.45) is 5.92 Å². The highest BCUT2D eigenvalue weighted by molar-refractivity contribution is 9.10. The van der Waals surface area contributed by atoms with Crippen LogP contribution < -0.4 is 5.32 Å². The van der Waals surface area contributed by atoms with Crippen LogP contribution in [0.25, 0.3) is 0 Å². The molecule has 0 radical (unpaired) electrons. The van der Waals surface area contributed by atoms with Crippen LogP contribution in [0.4, 0.5) is 5.69 Å². The number of halogens is 1. The van der Waals surface area contributed by atoms with Gasteiger partial charge in [-0.3, -0.25) is 4.79 Å². The van der Waals surface area contributed by atoms with Crippen molar-refractivity contribution >= 4 is 37.4 Å². The summed E-state index contributed by atoms with van der Waals surface area (Å²) in [5.74, 6) is -0.0694. The monoisotopic (exact) mass is 345 g/mol. The van der Waals surface area contributed by atoms with E-state index in [0.29, 0.717) is 12.8 Å². The largest absolute Gasteiger partial charge is 0.326 e. The first-order valence-electron chi connectivity index (χ1n) is 6.15. The Morgan fingerprint density at radius 1 is 1.32 bits per heavy atom. The molecule has 0 unspecified atom stereocenters. The molecule has 1 aliphatic rings. The second-order valence-corrected chi connectivity index (χ2v) is 8.04. The van der Waals surface area contributed by atoms with Gasteiger partial charge in [0.05, 0.1) is 11.5 Å². The third-order valence-corrected chi connectivity index (χ3v) is 5.93. The van der Waals surface area contributed by atoms with E-state index < -0.39 is 9.84 Å². The van der Waals surface area contributed by atoms with Gasteiger partial charge in [-0.25, -0.2) is 8.42 Å². The van der Waals surface area contributed by atoms with E-state index in [2.05, 4.69) is 21.2 Å². The second-order valence-electron chi connectivity index (χ2n) is 4.88. The maximum atomic E-state index is 12.1. The molecule has 1 aliphatic heterocycles. The molecule has 0 bridgehead atoms. The van der Waals surface area contributed by atoms with Gasteiger partial charge >= 0.3 is 0 Å². The third-order valence-electron chi connectivity index (χ3n) is 3.36. The predicted molar refractivity (Wildman–Crippen MR) is 78.9 cm³/mol. The molecule has 0 saturated carbocycles. The van der Waals surface area contributed by atoms with Crippen LogP contribution in [0.2, 0.25) is 0 Å². The molecule has 1 aromatic rings. The van der Waals surface area contributed by atoms with Crippen LogP contribution in [-0.4, -0.2) is 25.8 Å². The average molecular weight is 346 g/mol. The molecule has 0 atom stereocenters. The van der Waals surface area contributed by atoms with Crippen LogP contribution in [0.1, 0.15) is 18.4 Å². The van der Waals surface area contributed by atoms with Crippen LogP contribution >= 0.6 is 15.9 Å². The first-order chi connectivity index (χ1) is 8.87. The van der Waals surface area contributed by atoms with E-state index in [1.165, 1.54) is 0 Å². The molecular formula is C13H16BrNO3S. The number of benzene rings is 1. The van der Waals surface area contributed by atoms with Gasteiger partial charge < -0.3 is 5.32 Å². The van der Waals surface area contributed by atoms with Crippen molar-refractivity contribution < 1.29 is 13.2 Å². The number of hydrogen-bond donors (Lipinski definition) is 1. The number of hydrogen-bond acceptors (Lipinski definition) is 3. The number of amides is 1. The summed E-state index contributed by atoms with van der Waals surface area (Å²) in [5, 5.41) is 2.84. The highest BCUT2D eigenvalue weighted by Gasteiger charge is 2.28. The van der Waals surface area contributed by atoms with Crippen LogP contribution in [0, 0.1) is 12.8 Å². The standard InChI is InChI=1S/C13H16BrNO3S/c1-9-2-3-11(8-12(9)14)15-13(16)10-4-6-19(17,18)7-5-10/h2-3,8,10H,4-7H2,1H3,(H,15,16). The van der Waals surface area contributed by atoms with Gasteiger partial charge in [-0.1, -0.05) is 22.0 Å². The Bertz CT molecular complexity index is 584. The van der Waals surface area contributed by atoms with Gasteiger partial charge in [0.2, 0.25) is 5.91 Å². The highest BCUT2D eigenvalue weighted by atomic mass is 79.9. The molecule has 1 N–H and O–H groups in total. The maximum Gasteiger partial charge on any atom is 0.227 e. The summed E-state index contributed by atoms with van der Waals surface area (Å²) >= 11 is 3.42. The lowest BCUT2D eigenvalue weighted by Crippen LogP contribution is -2.31. The van der Waals surface area contributed by atoms with Gasteiger partial charge in [-0.2, -0.15) is 0 Å². The molecule has 1 aromatic carbocycles. The quantitative estimate of drug-likeness (QED) is 0.895. The Labute approximate surface area is 121 Å². The Morgan fingerprint density at radius 2 is 1.95 bits per heavy atom. The average Bonchev–Trinajstić information content (AvgIpc) is 2.33. The fourth-order valence-electron chi connectivity index (χ4n) is 2.07. The van der Waals surface area contributed by atoms with E-state index in [1.54, 1.807) is 0 Å². The lowest BCUT2D eigenvalue weighted by Gasteiger charge is -2.21. The van der Waals surface area contributed by atoms with Gasteiger partial charge in [0.25, 0.3) is 0 Å². The van der Waals surface area contributed by atoms with E-state index >= 15 is 0 Å². The molecule has 6 heteroatoms. The molecule has 1 saturated heterocycles. The first kappa shape index (κ1) is 14.5. The minimum absolute atomic E-state index is 0.0920. The van der Waals surface area contributed by atoms with Gasteiger partial charge in [0, 0.05) is 16.1 Å². The SMILES string of the molecule is Cc1ccc(NC(=O)C2CCS(=O)(=O)CC2)cc1Br. The number of sulfone groups is 1. The lowest BCUT2D eigenvalue weighted by molar-refractivity contribution is -0.120. The zero-order valence-electron chi connectivity index (χ0n) is 10.6. The molecule has 0 aromatic heterocycles. The number of rotatable bonds is 2. The van der Waals surface area contributed by atoms with E-state index in [1.807, 2.05) is 25.1 Å². The summed E-state index contributed by atoms with van der Waals surface area (Å²) in [7, 11) is -2.92. The van der Waals surface area contributed by atoms with Crippen molar-refractivity contribution in [3.8, 4) is 0 Å². The molecule has 1 heterocycles. The maximum absolute atomic E-state index is 12.1. The van der Waals surface area contributed by atoms with Crippen LogP contribution in [0.5, 0.6) is 0 Å². The fourth-order valence-corrected chi connectivity index (χ4v) is 3.94. The van der Waals surface area contributed by atoms with Gasteiger partial charge in [-0.15, -0.1) is 0 Å². The molecular weight excluding hydrogens is 330 g/mol. The molecule has 4 nitrogen and oxygen atoms in total. The summed E-state index contributed by atoms with van der Waals surface area (Å²) in [6.07, 6.45) is 0.836. The zero-order chi connectivity index (χ0) is 14.0. The number of anilines is 1. The highest BCUT2D eigenvalue weighted by Crippen LogP contribution is 2.23. The van der Waals surface area contributed by atoms with E-state index in [9.17, 15) is 13.2 Å². The third kappa shape index (κ3) is 3.79. The minimum atomic E-state index is -2.92. The van der Waals surface area contributed by atoms with Gasteiger partial charge in [0.15, 0.2) is 0 Å². The Morgan fingerprint density at radius 3 is 2.53 bits per heavy atom. The van der Waals surface area contributed by atoms with Crippen molar-refractivity contribution in [3.05, 3.63) is 28.2 Å². The van der Waals surface area contributed by atoms with Crippen LogP contribution in [0.15, 0.2) is 22.7 Å². The Kier molecular flexibility index (Phi) is 4.30. The Balaban J connectivity index is 2.00. The van der Waals surface area contributed by atoms with Crippen molar-refractivity contribution in [2.75, 3.05) is 16.8 Å². The number of aryl methyl sites for hydroxylation is 1. The summed E-state index contributed by atoms with van der Waals surface area (Å²) in [4.78, 5) is 12.1. The number of carbonyl (C=O) groups is 1. The minimum Gasteiger partial charge on any atom is -0.326 e. The van der Waals surface area contributed by atoms with Crippen molar-refractivity contribution in [1.82, 2.24) is 0 Å². The molecule has 19 heavy (non-hydrogen) atoms. The van der Waals surface area contributed by atoms with E-state index in [4.69, 9.17) is 0 Å². The predicted octanol–water partition coefficient (Wildman–Crippen LogP) is 2.52. The zero-order valence-corrected chi connectivity index (χ0v) is 13.1. The van der Waals surface area contributed by atoms with Gasteiger partial charge in [-0.05, 0) is 37.5 Å². The molecule has 2 rings (SSSR count). The van der Waals surface area contributed by atoms with Crippen molar-refractivity contribution in [3.63, 3.8) is 0 Å². The normalized spacial score (nSPS) is 19.1. The molecule has 0 spiro atoms. The number of nitrogens with one attached hydrogen (secondary N) is 1. The van der Waals surface area contributed by atoms with Crippen LogP contribution in [0.3, 0.4) is 0 Å². The lowest BCUT2D eigenvalue weighted by atomic mass is 10.0. The smallest absolute Gasteiger partial charge is 0.227 e. The summed E-state index contributed by atoms with van der Waals surface area (Å²) in [6, 6.07) is 5.62. The second kappa shape index (κ2) is 5.63. The summed E-state index contributed by atoms with van der Waals surface area (Å²) in [5.41, 5.74) is 1.83. The summed E-state index contributed by atoms with van der Waals surface area (Å²) in [6.45, 7) is 1.97. The fraction of sp³-hybridized carbons (Fsp3) is 0.462. The van der Waals surface area contributed by atoms with E-state index in [-0.39, 0.29) is 23.3 Å². The van der Waals surface area contributed by atoms with Crippen molar-refractivity contribution in [2.45, 2.75) is 19.8 Å².